The van der Waals surface area contributed by atoms with Gasteiger partial charge in [0.15, 0.2) is 0 Å². The Hall–Kier alpha value is -1.72. The van der Waals surface area contributed by atoms with Crippen molar-refractivity contribution in [2.75, 3.05) is 0 Å². The summed E-state index contributed by atoms with van der Waals surface area (Å²) in [6.07, 6.45) is 5.15. The summed E-state index contributed by atoms with van der Waals surface area (Å²) in [5.74, 6) is 0. The summed E-state index contributed by atoms with van der Waals surface area (Å²) in [4.78, 5) is 8.36. The molecular weight excluding hydrogens is 218 g/mol. The molecular formula is C12H13N3O2. The van der Waals surface area contributed by atoms with Crippen LogP contribution < -0.4 is 0 Å². The molecule has 0 amide bonds. The van der Waals surface area contributed by atoms with Crippen molar-refractivity contribution < 1.29 is 10.2 Å². The van der Waals surface area contributed by atoms with Crippen LogP contribution in [-0.4, -0.2) is 37.0 Å². The lowest BCUT2D eigenvalue weighted by atomic mass is 10.2. The average Bonchev–Trinajstić information content (AvgIpc) is 2.86. The number of aliphatic hydroxyl groups excluding tert-OH is 2. The Balaban J connectivity index is 2.13. The quantitative estimate of drug-likeness (QED) is 0.704. The molecule has 3 atom stereocenters. The Bertz CT molecular complexity index is 590. The van der Waals surface area contributed by atoms with Gasteiger partial charge in [0.1, 0.15) is 24.2 Å². The Kier molecular flexibility index (Phi) is 2.24. The van der Waals surface area contributed by atoms with E-state index in [-0.39, 0.29) is 6.04 Å². The Labute approximate surface area is 98.1 Å². The largest absolute Gasteiger partial charge is 0.388 e. The van der Waals surface area contributed by atoms with Crippen molar-refractivity contribution in [3.05, 3.63) is 36.4 Å². The van der Waals surface area contributed by atoms with Crippen LogP contribution in [0.3, 0.4) is 0 Å². The molecule has 0 radical (unpaired) electrons. The van der Waals surface area contributed by atoms with E-state index < -0.39 is 12.2 Å². The number of aryl methyl sites for hydroxylation is 1. The van der Waals surface area contributed by atoms with Crippen molar-refractivity contribution in [2.45, 2.75) is 25.2 Å². The van der Waals surface area contributed by atoms with Gasteiger partial charge < -0.3 is 14.8 Å². The van der Waals surface area contributed by atoms with Gasteiger partial charge in [-0.1, -0.05) is 12.2 Å². The lowest BCUT2D eigenvalue weighted by molar-refractivity contribution is 0.0376. The van der Waals surface area contributed by atoms with Gasteiger partial charge >= 0.3 is 0 Å². The maximum absolute atomic E-state index is 9.88. The van der Waals surface area contributed by atoms with E-state index in [9.17, 15) is 10.2 Å². The molecule has 2 heterocycles. The van der Waals surface area contributed by atoms with Crippen LogP contribution in [0.4, 0.5) is 0 Å². The third-order valence-electron chi connectivity index (χ3n) is 3.23. The van der Waals surface area contributed by atoms with E-state index in [0.29, 0.717) is 0 Å². The van der Waals surface area contributed by atoms with Crippen LogP contribution in [0.15, 0.2) is 30.7 Å². The number of fused-ring (bicyclic) bond motifs is 1. The van der Waals surface area contributed by atoms with Gasteiger partial charge in [0.25, 0.3) is 0 Å². The highest BCUT2D eigenvalue weighted by molar-refractivity contribution is 5.78. The molecule has 1 aliphatic rings. The van der Waals surface area contributed by atoms with Crippen LogP contribution in [0, 0.1) is 6.92 Å². The summed E-state index contributed by atoms with van der Waals surface area (Å²) in [6.45, 7) is 1.92. The van der Waals surface area contributed by atoms with Crippen molar-refractivity contribution in [3.63, 3.8) is 0 Å². The minimum Gasteiger partial charge on any atom is -0.388 e. The van der Waals surface area contributed by atoms with Gasteiger partial charge in [-0.25, -0.2) is 9.97 Å². The molecule has 5 nitrogen and oxygen atoms in total. The molecule has 88 valence electrons. The number of aliphatic hydroxyl groups is 2. The predicted octanol–water partition coefficient (Wildman–Crippen LogP) is 0.572. The first-order valence-electron chi connectivity index (χ1n) is 5.51. The fourth-order valence-electron chi connectivity index (χ4n) is 2.25. The summed E-state index contributed by atoms with van der Waals surface area (Å²) >= 11 is 0. The van der Waals surface area contributed by atoms with Crippen molar-refractivity contribution in [2.24, 2.45) is 0 Å². The number of hydrogen-bond acceptors (Lipinski definition) is 4. The minimum atomic E-state index is -0.819. The lowest BCUT2D eigenvalue weighted by Crippen LogP contribution is -2.27. The third kappa shape index (κ3) is 1.47. The first-order valence-corrected chi connectivity index (χ1v) is 5.51. The molecule has 17 heavy (non-hydrogen) atoms. The van der Waals surface area contributed by atoms with E-state index >= 15 is 0 Å². The summed E-state index contributed by atoms with van der Waals surface area (Å²) in [6, 6.07) is 1.66. The van der Waals surface area contributed by atoms with Gasteiger partial charge in [0.2, 0.25) is 0 Å². The normalized spacial score (nSPS) is 28.1. The fourth-order valence-corrected chi connectivity index (χ4v) is 2.25. The van der Waals surface area contributed by atoms with Crippen LogP contribution in [-0.2, 0) is 0 Å². The average molecular weight is 231 g/mol. The van der Waals surface area contributed by atoms with E-state index in [2.05, 4.69) is 9.97 Å². The topological polar surface area (TPSA) is 71.2 Å². The highest BCUT2D eigenvalue weighted by atomic mass is 16.3. The summed E-state index contributed by atoms with van der Waals surface area (Å²) < 4.78 is 1.86. The molecule has 0 aromatic carbocycles. The molecule has 0 spiro atoms. The van der Waals surface area contributed by atoms with Crippen LogP contribution in [0.5, 0.6) is 0 Å². The zero-order chi connectivity index (χ0) is 12.0. The molecule has 3 rings (SSSR count). The Morgan fingerprint density at radius 3 is 2.76 bits per heavy atom. The second kappa shape index (κ2) is 3.65. The van der Waals surface area contributed by atoms with Crippen LogP contribution in [0.1, 0.15) is 11.7 Å². The standard InChI is InChI=1S/C12H13N3O2/c1-7-8-4-5-15(12(8)14-6-13-7)9-2-3-10(16)11(9)17/h2-6,9-11,16-17H,1H3. The first-order chi connectivity index (χ1) is 8.18. The molecule has 0 bridgehead atoms. The number of aromatic nitrogens is 3. The zero-order valence-corrected chi connectivity index (χ0v) is 9.35. The molecule has 2 aromatic heterocycles. The van der Waals surface area contributed by atoms with E-state index in [1.807, 2.05) is 23.8 Å². The van der Waals surface area contributed by atoms with Gasteiger partial charge in [0, 0.05) is 11.6 Å². The molecule has 0 aliphatic heterocycles. The van der Waals surface area contributed by atoms with Crippen LogP contribution >= 0.6 is 0 Å². The van der Waals surface area contributed by atoms with E-state index in [1.54, 1.807) is 12.2 Å². The minimum absolute atomic E-state index is 0.267. The SMILES string of the molecule is Cc1ncnc2c1ccn2C1C=CC(O)C1O. The van der Waals surface area contributed by atoms with Crippen molar-refractivity contribution in [3.8, 4) is 0 Å². The second-order valence-electron chi connectivity index (χ2n) is 4.28. The van der Waals surface area contributed by atoms with E-state index in [1.165, 1.54) is 6.33 Å². The lowest BCUT2D eigenvalue weighted by Gasteiger charge is -2.18. The maximum atomic E-state index is 9.88. The van der Waals surface area contributed by atoms with Gasteiger partial charge in [-0.3, -0.25) is 0 Å². The molecule has 2 N–H and O–H groups in total. The fraction of sp³-hybridized carbons (Fsp3) is 0.333. The van der Waals surface area contributed by atoms with E-state index in [4.69, 9.17) is 0 Å². The molecule has 5 heteroatoms. The van der Waals surface area contributed by atoms with Gasteiger partial charge in [-0.2, -0.15) is 0 Å². The molecule has 3 unspecified atom stereocenters. The van der Waals surface area contributed by atoms with Crippen molar-refractivity contribution in [1.29, 1.82) is 0 Å². The van der Waals surface area contributed by atoms with Crippen molar-refractivity contribution in [1.82, 2.24) is 14.5 Å². The Morgan fingerprint density at radius 1 is 1.24 bits per heavy atom. The van der Waals surface area contributed by atoms with E-state index in [0.717, 1.165) is 16.7 Å². The molecule has 0 fully saturated rings. The molecule has 0 saturated heterocycles. The van der Waals surface area contributed by atoms with Gasteiger partial charge in [0.05, 0.1) is 11.7 Å². The predicted molar refractivity (Wildman–Crippen MR) is 62.5 cm³/mol. The maximum Gasteiger partial charge on any atom is 0.144 e. The molecule has 1 aliphatic carbocycles. The van der Waals surface area contributed by atoms with Gasteiger partial charge in [-0.05, 0) is 13.0 Å². The molecule has 0 saturated carbocycles. The van der Waals surface area contributed by atoms with Crippen molar-refractivity contribution >= 4 is 11.0 Å². The number of rotatable bonds is 1. The summed E-state index contributed by atoms with van der Waals surface area (Å²) in [5.41, 5.74) is 1.69. The van der Waals surface area contributed by atoms with Gasteiger partial charge in [-0.15, -0.1) is 0 Å². The van der Waals surface area contributed by atoms with Crippen LogP contribution in [0.2, 0.25) is 0 Å². The highest BCUT2D eigenvalue weighted by Crippen LogP contribution is 2.28. The highest BCUT2D eigenvalue weighted by Gasteiger charge is 2.30. The first kappa shape index (κ1) is 10.4. The number of hydrogen-bond donors (Lipinski definition) is 2. The summed E-state index contributed by atoms with van der Waals surface area (Å²) in [7, 11) is 0. The third-order valence-corrected chi connectivity index (χ3v) is 3.23. The van der Waals surface area contributed by atoms with Crippen LogP contribution in [0.25, 0.3) is 11.0 Å². The monoisotopic (exact) mass is 231 g/mol. The molecule has 2 aromatic rings. The zero-order valence-electron chi connectivity index (χ0n) is 9.35. The second-order valence-corrected chi connectivity index (χ2v) is 4.28. The summed E-state index contributed by atoms with van der Waals surface area (Å²) in [5, 5.41) is 20.4. The smallest absolute Gasteiger partial charge is 0.144 e. The number of nitrogens with zero attached hydrogens (tertiary/aromatic N) is 3. The Morgan fingerprint density at radius 2 is 2.06 bits per heavy atom.